The Kier molecular flexibility index (Phi) is 8.69. The number of carbonyl (C=O) groups is 1. The summed E-state index contributed by atoms with van der Waals surface area (Å²) in [6.45, 7) is 0.987. The van der Waals surface area contributed by atoms with Gasteiger partial charge in [0, 0.05) is 18.7 Å². The van der Waals surface area contributed by atoms with Crippen LogP contribution < -0.4 is 9.47 Å². The van der Waals surface area contributed by atoms with Crippen molar-refractivity contribution in [3.63, 3.8) is 0 Å². The Morgan fingerprint density at radius 2 is 1.53 bits per heavy atom. The van der Waals surface area contributed by atoms with Crippen LogP contribution in [-0.2, 0) is 22.6 Å². The fourth-order valence-corrected chi connectivity index (χ4v) is 3.22. The van der Waals surface area contributed by atoms with Gasteiger partial charge in [-0.05, 0) is 35.7 Å². The van der Waals surface area contributed by atoms with Crippen molar-refractivity contribution in [3.05, 3.63) is 95.6 Å². The summed E-state index contributed by atoms with van der Waals surface area (Å²) in [6, 6.07) is 25.5. The highest BCUT2D eigenvalue weighted by molar-refractivity contribution is 5.81. The molecule has 3 rings (SSSR count). The summed E-state index contributed by atoms with van der Waals surface area (Å²) in [6.07, 6.45) is 2.31. The Bertz CT molecular complexity index is 1010. The quantitative estimate of drug-likeness (QED) is 0.334. The third-order valence-corrected chi connectivity index (χ3v) is 4.95. The van der Waals surface area contributed by atoms with E-state index in [1.54, 1.807) is 37.5 Å². The lowest BCUT2D eigenvalue weighted by molar-refractivity contribution is -0.136. The molecule has 3 aromatic carbocycles. The molecule has 0 aliphatic heterocycles. The van der Waals surface area contributed by atoms with Crippen LogP contribution in [0.25, 0.3) is 0 Å². The third kappa shape index (κ3) is 6.87. The summed E-state index contributed by atoms with van der Waals surface area (Å²) in [5.74, 6) is 1.12. The van der Waals surface area contributed by atoms with Crippen LogP contribution in [0.1, 0.15) is 16.7 Å². The molecule has 32 heavy (non-hydrogen) atoms. The van der Waals surface area contributed by atoms with E-state index in [-0.39, 0.29) is 12.5 Å². The van der Waals surface area contributed by atoms with Crippen LogP contribution in [0.3, 0.4) is 0 Å². The van der Waals surface area contributed by atoms with Gasteiger partial charge in [-0.15, -0.1) is 0 Å². The van der Waals surface area contributed by atoms with Crippen LogP contribution in [-0.4, -0.2) is 44.4 Å². The molecule has 3 aromatic rings. The number of amides is 1. The van der Waals surface area contributed by atoms with Crippen molar-refractivity contribution < 1.29 is 19.1 Å². The van der Waals surface area contributed by atoms with E-state index in [0.29, 0.717) is 24.6 Å². The van der Waals surface area contributed by atoms with Crippen molar-refractivity contribution in [1.29, 1.82) is 0 Å². The van der Waals surface area contributed by atoms with Gasteiger partial charge in [0.1, 0.15) is 0 Å². The van der Waals surface area contributed by atoms with E-state index >= 15 is 0 Å². The average molecular weight is 433 g/mol. The first-order valence-corrected chi connectivity index (χ1v) is 10.4. The van der Waals surface area contributed by atoms with Gasteiger partial charge in [-0.3, -0.25) is 4.79 Å². The van der Waals surface area contributed by atoms with Gasteiger partial charge in [0.25, 0.3) is 5.91 Å². The predicted octanol–water partition coefficient (Wildman–Crippen LogP) is 4.33. The predicted molar refractivity (Wildman–Crippen MR) is 125 cm³/mol. The van der Waals surface area contributed by atoms with E-state index in [0.717, 1.165) is 17.5 Å². The fraction of sp³-hybridized carbons (Fsp3) is 0.231. The lowest BCUT2D eigenvalue weighted by atomic mass is 10.1. The van der Waals surface area contributed by atoms with Crippen LogP contribution in [0.5, 0.6) is 11.5 Å². The van der Waals surface area contributed by atoms with Gasteiger partial charge in [0.05, 0.1) is 20.4 Å². The van der Waals surface area contributed by atoms with Crippen molar-refractivity contribution in [3.8, 4) is 11.5 Å². The maximum absolute atomic E-state index is 12.9. The molecule has 166 valence electrons. The fourth-order valence-electron chi connectivity index (χ4n) is 3.22. The minimum Gasteiger partial charge on any atom is -0.493 e. The van der Waals surface area contributed by atoms with E-state index in [9.17, 15) is 4.79 Å². The minimum absolute atomic E-state index is 0.116. The zero-order chi connectivity index (χ0) is 22.6. The molecule has 0 saturated carbocycles. The summed E-state index contributed by atoms with van der Waals surface area (Å²) in [5, 5.41) is 3.95. The highest BCUT2D eigenvalue weighted by Gasteiger charge is 2.15. The summed E-state index contributed by atoms with van der Waals surface area (Å²) in [5.41, 5.74) is 3.04. The summed E-state index contributed by atoms with van der Waals surface area (Å²) in [4.78, 5) is 20.0. The van der Waals surface area contributed by atoms with Gasteiger partial charge in [0.15, 0.2) is 18.1 Å². The molecular weight excluding hydrogens is 404 g/mol. The van der Waals surface area contributed by atoms with Gasteiger partial charge in [-0.25, -0.2) is 0 Å². The Hall–Kier alpha value is -3.80. The molecule has 0 aliphatic carbocycles. The second-order valence-electron chi connectivity index (χ2n) is 7.16. The highest BCUT2D eigenvalue weighted by Crippen LogP contribution is 2.26. The van der Waals surface area contributed by atoms with E-state index in [4.69, 9.17) is 14.3 Å². The molecule has 0 heterocycles. The Balaban J connectivity index is 1.59. The molecule has 6 heteroatoms. The van der Waals surface area contributed by atoms with Crippen LogP contribution in [0.2, 0.25) is 0 Å². The van der Waals surface area contributed by atoms with E-state index in [2.05, 4.69) is 17.3 Å². The zero-order valence-corrected chi connectivity index (χ0v) is 18.4. The molecule has 0 aromatic heterocycles. The first-order valence-electron chi connectivity index (χ1n) is 10.4. The van der Waals surface area contributed by atoms with Crippen molar-refractivity contribution in [2.45, 2.75) is 13.0 Å². The molecule has 1 amide bonds. The summed E-state index contributed by atoms with van der Waals surface area (Å²) >= 11 is 0. The number of methoxy groups -OCH3 is 2. The topological polar surface area (TPSA) is 60.4 Å². The van der Waals surface area contributed by atoms with Crippen LogP contribution in [0.15, 0.2) is 84.0 Å². The molecule has 6 nitrogen and oxygen atoms in total. The molecule has 0 atom stereocenters. The monoisotopic (exact) mass is 432 g/mol. The van der Waals surface area contributed by atoms with Gasteiger partial charge < -0.3 is 19.2 Å². The van der Waals surface area contributed by atoms with E-state index in [1.807, 2.05) is 54.6 Å². The minimum atomic E-state index is -0.134. The average Bonchev–Trinajstić information content (AvgIpc) is 2.85. The molecule has 0 bridgehead atoms. The number of carbonyl (C=O) groups excluding carboxylic acids is 1. The number of rotatable bonds is 11. The van der Waals surface area contributed by atoms with Crippen molar-refractivity contribution in [2.75, 3.05) is 27.4 Å². The lowest BCUT2D eigenvalue weighted by Crippen LogP contribution is -2.35. The molecule has 0 N–H and O–H groups in total. The lowest BCUT2D eigenvalue weighted by Gasteiger charge is -2.22. The first-order chi connectivity index (χ1) is 15.7. The zero-order valence-electron chi connectivity index (χ0n) is 18.4. The van der Waals surface area contributed by atoms with Gasteiger partial charge in [-0.1, -0.05) is 65.8 Å². The Labute approximate surface area is 189 Å². The number of benzene rings is 3. The van der Waals surface area contributed by atoms with Crippen molar-refractivity contribution in [1.82, 2.24) is 4.90 Å². The summed E-state index contributed by atoms with van der Waals surface area (Å²) < 4.78 is 10.5. The van der Waals surface area contributed by atoms with Crippen LogP contribution >= 0.6 is 0 Å². The largest absolute Gasteiger partial charge is 0.493 e. The number of hydrogen-bond acceptors (Lipinski definition) is 5. The number of ether oxygens (including phenoxy) is 2. The van der Waals surface area contributed by atoms with Crippen molar-refractivity contribution >= 4 is 12.1 Å². The Morgan fingerprint density at radius 1 is 0.875 bits per heavy atom. The van der Waals surface area contributed by atoms with Crippen molar-refractivity contribution in [2.24, 2.45) is 5.16 Å². The molecule has 0 spiro atoms. The van der Waals surface area contributed by atoms with Crippen LogP contribution in [0, 0.1) is 0 Å². The number of nitrogens with zero attached hydrogens (tertiary/aromatic N) is 2. The van der Waals surface area contributed by atoms with Gasteiger partial charge in [-0.2, -0.15) is 0 Å². The molecule has 0 fully saturated rings. The first kappa shape index (κ1) is 22.9. The Morgan fingerprint density at radius 3 is 2.19 bits per heavy atom. The second-order valence-corrected chi connectivity index (χ2v) is 7.16. The maximum Gasteiger partial charge on any atom is 0.263 e. The van der Waals surface area contributed by atoms with Gasteiger partial charge >= 0.3 is 0 Å². The normalized spacial score (nSPS) is 10.7. The third-order valence-electron chi connectivity index (χ3n) is 4.95. The molecule has 0 unspecified atom stereocenters. The second kappa shape index (κ2) is 12.2. The standard InChI is InChI=1S/C26H28N2O4/c1-30-24-14-13-23(17-25(24)31-2)18-27-32-20-26(29)28(19-22-11-7-4-8-12-22)16-15-21-9-5-3-6-10-21/h3-14,17-18H,15-16,19-20H2,1-2H3/b27-18+. The van der Waals surface area contributed by atoms with Gasteiger partial charge in [0.2, 0.25) is 0 Å². The molecule has 0 saturated heterocycles. The van der Waals surface area contributed by atoms with Crippen LogP contribution in [0.4, 0.5) is 0 Å². The van der Waals surface area contributed by atoms with E-state index in [1.165, 1.54) is 5.56 Å². The summed E-state index contributed by atoms with van der Waals surface area (Å²) in [7, 11) is 3.16. The maximum atomic E-state index is 12.9. The number of hydrogen-bond donors (Lipinski definition) is 0. The highest BCUT2D eigenvalue weighted by atomic mass is 16.6. The van der Waals surface area contributed by atoms with E-state index < -0.39 is 0 Å². The molecular formula is C26H28N2O4. The molecule has 0 aliphatic rings. The number of oxime groups is 1. The smallest absolute Gasteiger partial charge is 0.263 e. The SMILES string of the molecule is COc1ccc(/C=N/OCC(=O)N(CCc2ccccc2)Cc2ccccc2)cc1OC. The molecule has 0 radical (unpaired) electrons.